The first-order valence-corrected chi connectivity index (χ1v) is 5.82. The van der Waals surface area contributed by atoms with E-state index in [1.54, 1.807) is 42.5 Å². The van der Waals surface area contributed by atoms with Gasteiger partial charge in [-0.1, -0.05) is 30.3 Å². The second kappa shape index (κ2) is 6.00. The van der Waals surface area contributed by atoms with Gasteiger partial charge in [-0.15, -0.1) is 0 Å². The van der Waals surface area contributed by atoms with Gasteiger partial charge < -0.3 is 9.84 Å². The fraction of sp³-hybridized carbons (Fsp3) is 0.133. The minimum atomic E-state index is -0.897. The molecule has 1 N–H and O–H groups in total. The maximum absolute atomic E-state index is 13.4. The highest BCUT2D eigenvalue weighted by Crippen LogP contribution is 2.16. The molecule has 3 nitrogen and oxygen atoms in total. The van der Waals surface area contributed by atoms with Crippen LogP contribution in [0.1, 0.15) is 11.1 Å². The van der Waals surface area contributed by atoms with Crippen LogP contribution in [0.25, 0.3) is 0 Å². The molecule has 0 aliphatic rings. The lowest BCUT2D eigenvalue weighted by Gasteiger charge is -2.08. The zero-order valence-corrected chi connectivity index (χ0v) is 10.2. The van der Waals surface area contributed by atoms with E-state index in [4.69, 9.17) is 9.84 Å². The Morgan fingerprint density at radius 2 is 1.95 bits per heavy atom. The monoisotopic (exact) mass is 260 g/mol. The van der Waals surface area contributed by atoms with Crippen LogP contribution in [0.15, 0.2) is 48.5 Å². The van der Waals surface area contributed by atoms with Gasteiger partial charge in [-0.25, -0.2) is 4.39 Å². The van der Waals surface area contributed by atoms with Gasteiger partial charge in [-0.3, -0.25) is 4.79 Å². The topological polar surface area (TPSA) is 46.5 Å². The molecular weight excluding hydrogens is 247 g/mol. The number of carbonyl (C=O) groups is 1. The second-order valence-electron chi connectivity index (χ2n) is 4.10. The van der Waals surface area contributed by atoms with Gasteiger partial charge in [0.05, 0.1) is 6.42 Å². The number of aliphatic carboxylic acids is 1. The first-order chi connectivity index (χ1) is 9.15. The number of carboxylic acid groups (broad SMARTS) is 1. The van der Waals surface area contributed by atoms with Crippen molar-refractivity contribution in [3.63, 3.8) is 0 Å². The van der Waals surface area contributed by atoms with Gasteiger partial charge in [0.1, 0.15) is 18.2 Å². The van der Waals surface area contributed by atoms with Crippen molar-refractivity contribution in [1.29, 1.82) is 0 Å². The summed E-state index contributed by atoms with van der Waals surface area (Å²) in [6, 6.07) is 13.2. The van der Waals surface area contributed by atoms with E-state index >= 15 is 0 Å². The van der Waals surface area contributed by atoms with E-state index in [9.17, 15) is 9.18 Å². The highest BCUT2D eigenvalue weighted by molar-refractivity contribution is 5.70. The number of hydrogen-bond donors (Lipinski definition) is 1. The van der Waals surface area contributed by atoms with E-state index in [2.05, 4.69) is 0 Å². The molecular formula is C15H13FO3. The highest BCUT2D eigenvalue weighted by atomic mass is 19.1. The molecule has 0 bridgehead atoms. The number of halogens is 1. The van der Waals surface area contributed by atoms with Gasteiger partial charge in [0.25, 0.3) is 0 Å². The molecule has 98 valence electrons. The average Bonchev–Trinajstić information content (AvgIpc) is 2.37. The normalized spacial score (nSPS) is 10.2. The van der Waals surface area contributed by atoms with Crippen molar-refractivity contribution in [3.8, 4) is 5.75 Å². The van der Waals surface area contributed by atoms with E-state index in [1.165, 1.54) is 6.07 Å². The fourth-order valence-corrected chi connectivity index (χ4v) is 1.70. The van der Waals surface area contributed by atoms with E-state index in [0.29, 0.717) is 16.9 Å². The smallest absolute Gasteiger partial charge is 0.307 e. The van der Waals surface area contributed by atoms with E-state index in [0.717, 1.165) is 0 Å². The predicted molar refractivity (Wildman–Crippen MR) is 68.5 cm³/mol. The summed E-state index contributed by atoms with van der Waals surface area (Å²) in [6.07, 6.45) is -0.0586. The summed E-state index contributed by atoms with van der Waals surface area (Å²) in [5, 5.41) is 8.71. The summed E-state index contributed by atoms with van der Waals surface area (Å²) in [5.41, 5.74) is 1.12. The summed E-state index contributed by atoms with van der Waals surface area (Å²) < 4.78 is 18.8. The van der Waals surface area contributed by atoms with Gasteiger partial charge in [0.15, 0.2) is 0 Å². The molecule has 2 aromatic rings. The van der Waals surface area contributed by atoms with E-state index in [1.807, 2.05) is 0 Å². The number of benzene rings is 2. The molecule has 4 heteroatoms. The number of ether oxygens (including phenoxy) is 1. The number of rotatable bonds is 5. The van der Waals surface area contributed by atoms with Crippen molar-refractivity contribution in [2.75, 3.05) is 0 Å². The average molecular weight is 260 g/mol. The Kier molecular flexibility index (Phi) is 4.13. The predicted octanol–water partition coefficient (Wildman–Crippen LogP) is 3.03. The van der Waals surface area contributed by atoms with Crippen LogP contribution in [-0.2, 0) is 17.8 Å². The molecule has 0 amide bonds. The lowest BCUT2D eigenvalue weighted by molar-refractivity contribution is -0.136. The molecule has 0 aromatic heterocycles. The standard InChI is InChI=1S/C15H13FO3/c16-14-7-2-1-5-12(14)10-19-13-6-3-4-11(8-13)9-15(17)18/h1-8H,9-10H2,(H,17,18). The third-order valence-corrected chi connectivity index (χ3v) is 2.61. The zero-order chi connectivity index (χ0) is 13.7. The first-order valence-electron chi connectivity index (χ1n) is 5.82. The molecule has 0 fully saturated rings. The minimum Gasteiger partial charge on any atom is -0.489 e. The van der Waals surface area contributed by atoms with Crippen molar-refractivity contribution in [3.05, 3.63) is 65.5 Å². The molecule has 0 saturated heterocycles. The summed E-state index contributed by atoms with van der Waals surface area (Å²) >= 11 is 0. The van der Waals surface area contributed by atoms with Crippen molar-refractivity contribution in [2.45, 2.75) is 13.0 Å². The molecule has 0 aliphatic heterocycles. The van der Waals surface area contributed by atoms with Crippen molar-refractivity contribution in [1.82, 2.24) is 0 Å². The summed E-state index contributed by atoms with van der Waals surface area (Å²) in [6.45, 7) is 0.114. The van der Waals surface area contributed by atoms with E-state index < -0.39 is 5.97 Å². The SMILES string of the molecule is O=C(O)Cc1cccc(OCc2ccccc2F)c1. The van der Waals surface area contributed by atoms with E-state index in [-0.39, 0.29) is 18.8 Å². The first kappa shape index (κ1) is 13.1. The Morgan fingerprint density at radius 3 is 2.68 bits per heavy atom. The number of carboxylic acids is 1. The Balaban J connectivity index is 2.03. The Hall–Kier alpha value is -2.36. The summed E-state index contributed by atoms with van der Waals surface area (Å²) in [5.74, 6) is -0.683. The van der Waals surface area contributed by atoms with Crippen molar-refractivity contribution in [2.24, 2.45) is 0 Å². The maximum atomic E-state index is 13.4. The van der Waals surface area contributed by atoms with Crippen LogP contribution in [0, 0.1) is 5.82 Å². The molecule has 0 aliphatic carbocycles. The summed E-state index contributed by atoms with van der Waals surface area (Å²) in [4.78, 5) is 10.6. The molecule has 2 aromatic carbocycles. The molecule has 0 heterocycles. The second-order valence-corrected chi connectivity index (χ2v) is 4.10. The summed E-state index contributed by atoms with van der Waals surface area (Å²) in [7, 11) is 0. The van der Waals surface area contributed by atoms with Crippen LogP contribution in [0.4, 0.5) is 4.39 Å². The molecule has 19 heavy (non-hydrogen) atoms. The molecule has 0 saturated carbocycles. The zero-order valence-electron chi connectivity index (χ0n) is 10.2. The van der Waals surface area contributed by atoms with Crippen molar-refractivity contribution < 1.29 is 19.0 Å². The van der Waals surface area contributed by atoms with Gasteiger partial charge in [-0.05, 0) is 23.8 Å². The lowest BCUT2D eigenvalue weighted by Crippen LogP contribution is -2.01. The molecule has 2 rings (SSSR count). The lowest BCUT2D eigenvalue weighted by atomic mass is 10.1. The maximum Gasteiger partial charge on any atom is 0.307 e. The van der Waals surface area contributed by atoms with Crippen LogP contribution < -0.4 is 4.74 Å². The molecule has 0 radical (unpaired) electrons. The third kappa shape index (κ3) is 3.81. The van der Waals surface area contributed by atoms with Crippen molar-refractivity contribution >= 4 is 5.97 Å². The number of hydrogen-bond acceptors (Lipinski definition) is 2. The van der Waals surface area contributed by atoms with Crippen LogP contribution in [0.5, 0.6) is 5.75 Å². The Morgan fingerprint density at radius 1 is 1.16 bits per heavy atom. The molecule has 0 spiro atoms. The van der Waals surface area contributed by atoms with Crippen LogP contribution in [-0.4, -0.2) is 11.1 Å². The van der Waals surface area contributed by atoms with Gasteiger partial charge >= 0.3 is 5.97 Å². The quantitative estimate of drug-likeness (QED) is 0.898. The third-order valence-electron chi connectivity index (χ3n) is 2.61. The molecule has 0 atom stereocenters. The largest absolute Gasteiger partial charge is 0.489 e. The minimum absolute atomic E-state index is 0.0586. The fourth-order valence-electron chi connectivity index (χ4n) is 1.70. The van der Waals surface area contributed by atoms with Gasteiger partial charge in [0.2, 0.25) is 0 Å². The molecule has 0 unspecified atom stereocenters. The Bertz CT molecular complexity index is 581. The highest BCUT2D eigenvalue weighted by Gasteiger charge is 2.04. The van der Waals surface area contributed by atoms with Crippen LogP contribution in [0.2, 0.25) is 0 Å². The van der Waals surface area contributed by atoms with Crippen LogP contribution in [0.3, 0.4) is 0 Å². The van der Waals surface area contributed by atoms with Gasteiger partial charge in [-0.2, -0.15) is 0 Å². The van der Waals surface area contributed by atoms with Crippen LogP contribution >= 0.6 is 0 Å². The van der Waals surface area contributed by atoms with Gasteiger partial charge in [0, 0.05) is 5.56 Å². The Labute approximate surface area is 110 Å².